The first-order valence-corrected chi connectivity index (χ1v) is 7.86. The summed E-state index contributed by atoms with van der Waals surface area (Å²) >= 11 is 3.64. The molecule has 0 saturated heterocycles. The molecule has 0 aliphatic carbocycles. The zero-order valence-corrected chi connectivity index (χ0v) is 14.5. The second-order valence-corrected chi connectivity index (χ2v) is 6.24. The van der Waals surface area contributed by atoms with Crippen LogP contribution < -0.4 is 15.5 Å². The summed E-state index contributed by atoms with van der Waals surface area (Å²) in [5.41, 5.74) is 2.92. The Labute approximate surface area is 134 Å². The Kier molecular flexibility index (Phi) is 5.24. The van der Waals surface area contributed by atoms with Gasteiger partial charge in [0.05, 0.1) is 12.3 Å². The average Bonchev–Trinajstić information content (AvgIpc) is 2.73. The number of benzene rings is 1. The molecule has 2 rings (SSSR count). The van der Waals surface area contributed by atoms with Crippen molar-refractivity contribution in [3.63, 3.8) is 0 Å². The molecule has 21 heavy (non-hydrogen) atoms. The number of nitrogens with one attached hydrogen (secondary N) is 2. The van der Waals surface area contributed by atoms with Crippen molar-refractivity contribution in [3.8, 4) is 0 Å². The van der Waals surface area contributed by atoms with Crippen LogP contribution in [0.3, 0.4) is 0 Å². The smallest absolute Gasteiger partial charge is 0.246 e. The van der Waals surface area contributed by atoms with E-state index in [1.54, 1.807) is 14.2 Å². The van der Waals surface area contributed by atoms with Gasteiger partial charge in [0.15, 0.2) is 0 Å². The van der Waals surface area contributed by atoms with Crippen molar-refractivity contribution in [1.29, 1.82) is 0 Å². The highest BCUT2D eigenvalue weighted by atomic mass is 79.9. The van der Waals surface area contributed by atoms with E-state index in [4.69, 9.17) is 4.74 Å². The van der Waals surface area contributed by atoms with Crippen LogP contribution in [-0.4, -0.2) is 39.3 Å². The minimum absolute atomic E-state index is 0.00969. The molecule has 2 N–H and O–H groups in total. The van der Waals surface area contributed by atoms with E-state index in [1.165, 1.54) is 0 Å². The molecule has 0 saturated carbocycles. The van der Waals surface area contributed by atoms with Crippen LogP contribution in [0.1, 0.15) is 25.5 Å². The van der Waals surface area contributed by atoms with Crippen molar-refractivity contribution < 1.29 is 9.53 Å². The minimum Gasteiger partial charge on any atom is -0.383 e. The van der Waals surface area contributed by atoms with E-state index in [1.807, 2.05) is 12.1 Å². The third-order valence-corrected chi connectivity index (χ3v) is 4.34. The second kappa shape index (κ2) is 6.77. The fourth-order valence-corrected chi connectivity index (χ4v) is 3.21. The summed E-state index contributed by atoms with van der Waals surface area (Å²) in [5, 5.41) is 5.97. The molecular weight excluding hydrogens is 334 g/mol. The van der Waals surface area contributed by atoms with Gasteiger partial charge in [0.25, 0.3) is 0 Å². The maximum Gasteiger partial charge on any atom is 0.246 e. The molecule has 0 spiro atoms. The lowest BCUT2D eigenvalue weighted by Crippen LogP contribution is -2.34. The molecule has 1 unspecified atom stereocenters. The number of nitrogens with zero attached hydrogens (tertiary/aromatic N) is 1. The largest absolute Gasteiger partial charge is 0.383 e. The minimum atomic E-state index is -0.281. The Morgan fingerprint density at radius 1 is 1.48 bits per heavy atom. The molecule has 1 aliphatic rings. The van der Waals surface area contributed by atoms with Crippen molar-refractivity contribution in [2.75, 3.05) is 37.5 Å². The number of halogens is 1. The lowest BCUT2D eigenvalue weighted by Gasteiger charge is -2.30. The molecule has 1 aromatic carbocycles. The quantitative estimate of drug-likeness (QED) is 0.823. The Morgan fingerprint density at radius 2 is 2.19 bits per heavy atom. The van der Waals surface area contributed by atoms with Crippen LogP contribution in [-0.2, 0) is 9.53 Å². The Hall–Kier alpha value is -1.11. The van der Waals surface area contributed by atoms with Crippen molar-refractivity contribution in [1.82, 2.24) is 5.32 Å². The third-order valence-electron chi connectivity index (χ3n) is 3.71. The Bertz CT molecular complexity index is 534. The maximum absolute atomic E-state index is 11.9. The molecule has 1 aliphatic heterocycles. The number of ether oxygens (including phenoxy) is 1. The van der Waals surface area contributed by atoms with Gasteiger partial charge in [-0.15, -0.1) is 0 Å². The number of methoxy groups -OCH3 is 1. The van der Waals surface area contributed by atoms with E-state index in [2.05, 4.69) is 45.3 Å². The van der Waals surface area contributed by atoms with Gasteiger partial charge in [-0.2, -0.15) is 0 Å². The summed E-state index contributed by atoms with van der Waals surface area (Å²) < 4.78 is 6.18. The van der Waals surface area contributed by atoms with Crippen molar-refractivity contribution >= 4 is 33.2 Å². The summed E-state index contributed by atoms with van der Waals surface area (Å²) in [5.74, 6) is -0.00969. The van der Waals surface area contributed by atoms with Gasteiger partial charge in [-0.05, 0) is 49.0 Å². The molecule has 1 atom stereocenters. The van der Waals surface area contributed by atoms with Crippen LogP contribution >= 0.6 is 15.9 Å². The van der Waals surface area contributed by atoms with E-state index in [-0.39, 0.29) is 11.9 Å². The molecule has 1 amide bonds. The highest BCUT2D eigenvalue weighted by molar-refractivity contribution is 9.10. The van der Waals surface area contributed by atoms with Crippen LogP contribution in [0, 0.1) is 0 Å². The number of carbonyl (C=O) groups excluding carboxylic acids is 1. The fourth-order valence-electron chi connectivity index (χ4n) is 2.62. The number of anilines is 2. The van der Waals surface area contributed by atoms with Crippen molar-refractivity contribution in [3.05, 3.63) is 22.2 Å². The predicted octanol–water partition coefficient (Wildman–Crippen LogP) is 2.52. The first-order chi connectivity index (χ1) is 9.99. The zero-order chi connectivity index (χ0) is 15.6. The predicted molar refractivity (Wildman–Crippen MR) is 88.9 cm³/mol. The Balaban J connectivity index is 2.38. The SMILES string of the molecule is CNC1C(=O)Nc2cc(N(CCOC)C(C)C)c(Br)cc21. The van der Waals surface area contributed by atoms with E-state index >= 15 is 0 Å². The van der Waals surface area contributed by atoms with Gasteiger partial charge in [-0.25, -0.2) is 0 Å². The van der Waals surface area contributed by atoms with Gasteiger partial charge in [0.1, 0.15) is 6.04 Å². The maximum atomic E-state index is 11.9. The standard InChI is InChI=1S/C15H22BrN3O2/c1-9(2)19(5-6-21-4)13-8-12-10(7-11(13)16)14(17-3)15(20)18-12/h7-9,14,17H,5-6H2,1-4H3,(H,18,20). The normalized spacial score (nSPS) is 17.0. The summed E-state index contributed by atoms with van der Waals surface area (Å²) in [6.45, 7) is 5.75. The molecule has 1 heterocycles. The van der Waals surface area contributed by atoms with Gasteiger partial charge >= 0.3 is 0 Å². The van der Waals surface area contributed by atoms with E-state index in [9.17, 15) is 4.79 Å². The number of hydrogen-bond acceptors (Lipinski definition) is 4. The molecule has 0 bridgehead atoms. The van der Waals surface area contributed by atoms with Crippen molar-refractivity contribution in [2.45, 2.75) is 25.9 Å². The van der Waals surface area contributed by atoms with Crippen LogP contribution in [0.15, 0.2) is 16.6 Å². The van der Waals surface area contributed by atoms with E-state index in [0.717, 1.165) is 28.0 Å². The Morgan fingerprint density at radius 3 is 2.76 bits per heavy atom. The summed E-state index contributed by atoms with van der Waals surface area (Å²) in [6, 6.07) is 4.11. The highest BCUT2D eigenvalue weighted by Gasteiger charge is 2.31. The van der Waals surface area contributed by atoms with Gasteiger partial charge in [-0.1, -0.05) is 0 Å². The zero-order valence-electron chi connectivity index (χ0n) is 12.9. The fraction of sp³-hybridized carbons (Fsp3) is 0.533. The molecule has 116 valence electrons. The molecule has 5 nitrogen and oxygen atoms in total. The summed E-state index contributed by atoms with van der Waals surface area (Å²) in [4.78, 5) is 14.2. The molecule has 0 radical (unpaired) electrons. The lowest BCUT2D eigenvalue weighted by molar-refractivity contribution is -0.117. The number of amides is 1. The van der Waals surface area contributed by atoms with Crippen LogP contribution in [0.2, 0.25) is 0 Å². The highest BCUT2D eigenvalue weighted by Crippen LogP contribution is 2.39. The first kappa shape index (κ1) is 16.3. The van der Waals surface area contributed by atoms with E-state index < -0.39 is 0 Å². The van der Waals surface area contributed by atoms with Gasteiger partial charge in [0.2, 0.25) is 5.91 Å². The molecule has 6 heteroatoms. The number of likely N-dealkylation sites (N-methyl/N-ethyl adjacent to an activating group) is 1. The van der Waals surface area contributed by atoms with Gasteiger partial charge in [0, 0.05) is 35.4 Å². The van der Waals surface area contributed by atoms with Crippen LogP contribution in [0.4, 0.5) is 11.4 Å². The van der Waals surface area contributed by atoms with Crippen LogP contribution in [0.5, 0.6) is 0 Å². The molecular formula is C15H22BrN3O2. The van der Waals surface area contributed by atoms with Gasteiger partial charge < -0.3 is 20.3 Å². The molecule has 0 aromatic heterocycles. The number of rotatable bonds is 6. The first-order valence-electron chi connectivity index (χ1n) is 7.06. The number of hydrogen-bond donors (Lipinski definition) is 2. The second-order valence-electron chi connectivity index (χ2n) is 5.38. The number of carbonyl (C=O) groups is 1. The molecule has 0 fully saturated rings. The lowest BCUT2D eigenvalue weighted by atomic mass is 10.1. The van der Waals surface area contributed by atoms with Crippen molar-refractivity contribution in [2.24, 2.45) is 0 Å². The molecule has 1 aromatic rings. The summed E-state index contributed by atoms with van der Waals surface area (Å²) in [7, 11) is 3.49. The van der Waals surface area contributed by atoms with E-state index in [0.29, 0.717) is 12.6 Å². The average molecular weight is 356 g/mol. The third kappa shape index (κ3) is 3.22. The monoisotopic (exact) mass is 355 g/mol. The van der Waals surface area contributed by atoms with Gasteiger partial charge in [-0.3, -0.25) is 4.79 Å². The van der Waals surface area contributed by atoms with Crippen LogP contribution in [0.25, 0.3) is 0 Å². The number of fused-ring (bicyclic) bond motifs is 1. The summed E-state index contributed by atoms with van der Waals surface area (Å²) in [6.07, 6.45) is 0. The topological polar surface area (TPSA) is 53.6 Å².